The van der Waals surface area contributed by atoms with E-state index in [-0.39, 0.29) is 35.5 Å². The highest BCUT2D eigenvalue weighted by Crippen LogP contribution is 2.31. The monoisotopic (exact) mass is 418 g/mol. The lowest BCUT2D eigenvalue weighted by atomic mass is 10.2. The molecule has 0 unspecified atom stereocenters. The van der Waals surface area contributed by atoms with Crippen molar-refractivity contribution >= 4 is 52.0 Å². The van der Waals surface area contributed by atoms with E-state index in [4.69, 9.17) is 0 Å². The summed E-state index contributed by atoms with van der Waals surface area (Å²) >= 11 is 1.89. The van der Waals surface area contributed by atoms with E-state index in [9.17, 15) is 23.6 Å². The Morgan fingerprint density at radius 2 is 1.79 bits per heavy atom. The van der Waals surface area contributed by atoms with Gasteiger partial charge in [-0.3, -0.25) is 24.1 Å². The number of benzene rings is 1. The maximum absolute atomic E-state index is 13.0. The summed E-state index contributed by atoms with van der Waals surface area (Å²) in [6, 6.07) is 8.71. The number of nitrogens with one attached hydrogen (secondary N) is 1. The van der Waals surface area contributed by atoms with Crippen molar-refractivity contribution in [1.82, 2.24) is 10.2 Å². The van der Waals surface area contributed by atoms with Crippen LogP contribution >= 0.6 is 23.1 Å². The van der Waals surface area contributed by atoms with Crippen molar-refractivity contribution in [2.24, 2.45) is 0 Å². The summed E-state index contributed by atoms with van der Waals surface area (Å²) in [4.78, 5) is 50.0. The maximum Gasteiger partial charge on any atom is 0.293 e. The molecular formula is C19H15FN2O4S2. The topological polar surface area (TPSA) is 83.6 Å². The second-order valence-electron chi connectivity index (χ2n) is 5.86. The second-order valence-corrected chi connectivity index (χ2v) is 7.94. The predicted octanol–water partition coefficient (Wildman–Crippen LogP) is 3.56. The summed E-state index contributed by atoms with van der Waals surface area (Å²) in [5.41, 5.74) is 0.610. The number of imide groups is 1. The molecular weight excluding hydrogens is 403 g/mol. The Bertz CT molecular complexity index is 982. The number of thiophene rings is 1. The zero-order chi connectivity index (χ0) is 20.3. The first-order valence-corrected chi connectivity index (χ1v) is 9.88. The van der Waals surface area contributed by atoms with E-state index in [1.54, 1.807) is 12.1 Å². The van der Waals surface area contributed by atoms with E-state index in [1.165, 1.54) is 37.3 Å². The van der Waals surface area contributed by atoms with E-state index in [0.29, 0.717) is 15.3 Å². The first kappa shape index (κ1) is 20.0. The number of Topliss-reactive ketones (excluding diaryl/α,β-unsaturated/α-hetero) is 1. The number of nitrogens with zero attached hydrogens (tertiary/aromatic N) is 1. The molecule has 6 nitrogen and oxygen atoms in total. The Hall–Kier alpha value is -2.78. The van der Waals surface area contributed by atoms with Gasteiger partial charge in [-0.05, 0) is 54.6 Å². The maximum atomic E-state index is 13.0. The molecule has 3 rings (SSSR count). The Kier molecular flexibility index (Phi) is 6.05. The van der Waals surface area contributed by atoms with Crippen molar-refractivity contribution in [2.45, 2.75) is 6.92 Å². The molecule has 0 bridgehead atoms. The highest BCUT2D eigenvalue weighted by Gasteiger charge is 2.34. The van der Waals surface area contributed by atoms with Crippen molar-refractivity contribution in [3.05, 3.63) is 62.4 Å². The Labute approximate surface area is 168 Å². The average Bonchev–Trinajstić information content (AvgIpc) is 3.25. The number of carbonyl (C=O) groups is 4. The molecule has 2 aromatic rings. The fourth-order valence-electron chi connectivity index (χ4n) is 2.42. The van der Waals surface area contributed by atoms with Crippen LogP contribution in [0.3, 0.4) is 0 Å². The third kappa shape index (κ3) is 4.55. The summed E-state index contributed by atoms with van der Waals surface area (Å²) in [5, 5.41) is 2.21. The molecule has 1 aromatic heterocycles. The lowest BCUT2D eigenvalue weighted by molar-refractivity contribution is -0.122. The van der Waals surface area contributed by atoms with Gasteiger partial charge in [-0.2, -0.15) is 0 Å². The van der Waals surface area contributed by atoms with Crippen LogP contribution in [0, 0.1) is 5.82 Å². The number of rotatable bonds is 6. The normalized spacial score (nSPS) is 15.4. The van der Waals surface area contributed by atoms with Gasteiger partial charge in [-0.1, -0.05) is 12.1 Å². The number of thioether (sulfide) groups is 1. The number of amides is 3. The summed E-state index contributed by atoms with van der Waals surface area (Å²) in [7, 11) is 0. The van der Waals surface area contributed by atoms with Crippen LogP contribution < -0.4 is 5.32 Å². The van der Waals surface area contributed by atoms with E-state index >= 15 is 0 Å². The quantitative estimate of drug-likeness (QED) is 0.573. The van der Waals surface area contributed by atoms with Crippen LogP contribution in [-0.2, 0) is 4.79 Å². The molecule has 144 valence electrons. The minimum Gasteiger partial charge on any atom is -0.350 e. The van der Waals surface area contributed by atoms with E-state index < -0.39 is 11.1 Å². The summed E-state index contributed by atoms with van der Waals surface area (Å²) in [6.07, 6.45) is 1.53. The molecule has 1 aliphatic heterocycles. The minimum atomic E-state index is -0.455. The van der Waals surface area contributed by atoms with Crippen LogP contribution in [0.15, 0.2) is 41.3 Å². The highest BCUT2D eigenvalue weighted by molar-refractivity contribution is 8.18. The van der Waals surface area contributed by atoms with Crippen LogP contribution in [0.1, 0.15) is 31.8 Å². The number of ketones is 1. The van der Waals surface area contributed by atoms with Crippen LogP contribution in [0.25, 0.3) is 6.08 Å². The Balaban J connectivity index is 1.57. The van der Waals surface area contributed by atoms with Crippen LogP contribution in [0.4, 0.5) is 9.18 Å². The van der Waals surface area contributed by atoms with E-state index in [1.807, 2.05) is 0 Å². The zero-order valence-electron chi connectivity index (χ0n) is 14.7. The molecule has 9 heteroatoms. The van der Waals surface area contributed by atoms with Gasteiger partial charge in [-0.15, -0.1) is 11.3 Å². The molecule has 1 aliphatic rings. The fourth-order valence-corrected chi connectivity index (χ4v) is 4.10. The number of halogens is 1. The van der Waals surface area contributed by atoms with Crippen molar-refractivity contribution < 1.29 is 23.6 Å². The zero-order valence-corrected chi connectivity index (χ0v) is 16.4. The minimum absolute atomic E-state index is 0.0299. The van der Waals surface area contributed by atoms with Gasteiger partial charge in [0.05, 0.1) is 14.7 Å². The van der Waals surface area contributed by atoms with Crippen LogP contribution in [0.2, 0.25) is 0 Å². The lowest BCUT2D eigenvalue weighted by Crippen LogP contribution is -2.37. The number of carbonyl (C=O) groups excluding carboxylic acids is 4. The number of hydrogen-bond acceptors (Lipinski definition) is 6. The van der Waals surface area contributed by atoms with Gasteiger partial charge in [0.1, 0.15) is 5.82 Å². The van der Waals surface area contributed by atoms with Crippen molar-refractivity contribution in [2.75, 3.05) is 13.1 Å². The van der Waals surface area contributed by atoms with Crippen molar-refractivity contribution in [3.8, 4) is 0 Å². The van der Waals surface area contributed by atoms with Gasteiger partial charge in [0.25, 0.3) is 17.1 Å². The third-order valence-electron chi connectivity index (χ3n) is 3.84. The fraction of sp³-hybridized carbons (Fsp3) is 0.158. The molecule has 1 fully saturated rings. The molecule has 1 saturated heterocycles. The summed E-state index contributed by atoms with van der Waals surface area (Å²) in [5.74, 6) is -1.33. The molecule has 1 aromatic carbocycles. The average molecular weight is 418 g/mol. The van der Waals surface area contributed by atoms with Gasteiger partial charge in [0.2, 0.25) is 0 Å². The Morgan fingerprint density at radius 1 is 1.11 bits per heavy atom. The van der Waals surface area contributed by atoms with Crippen LogP contribution in [0.5, 0.6) is 0 Å². The van der Waals surface area contributed by atoms with Gasteiger partial charge >= 0.3 is 0 Å². The lowest BCUT2D eigenvalue weighted by Gasteiger charge is -2.12. The third-order valence-corrected chi connectivity index (χ3v) is 5.93. The van der Waals surface area contributed by atoms with E-state index in [0.717, 1.165) is 28.0 Å². The van der Waals surface area contributed by atoms with Gasteiger partial charge < -0.3 is 5.32 Å². The molecule has 0 saturated carbocycles. The van der Waals surface area contributed by atoms with Crippen LogP contribution in [-0.4, -0.2) is 40.8 Å². The standard InChI is InChI=1S/C19H15FN2O4S2/c1-11(23)14-6-7-15(27-14)17(24)21-8-9-22-18(25)16(28-19(22)26)10-12-2-4-13(20)5-3-12/h2-7,10H,8-9H2,1H3,(H,21,24)/b16-10-. The second kappa shape index (κ2) is 8.49. The number of hydrogen-bond donors (Lipinski definition) is 1. The van der Waals surface area contributed by atoms with Crippen molar-refractivity contribution in [1.29, 1.82) is 0 Å². The SMILES string of the molecule is CC(=O)c1ccc(C(=O)NCCN2C(=O)S/C(=C\c3ccc(F)cc3)C2=O)s1. The Morgan fingerprint density at radius 3 is 2.43 bits per heavy atom. The summed E-state index contributed by atoms with van der Waals surface area (Å²) < 4.78 is 13.0. The van der Waals surface area contributed by atoms with Gasteiger partial charge in [0.15, 0.2) is 5.78 Å². The largest absolute Gasteiger partial charge is 0.350 e. The molecule has 28 heavy (non-hydrogen) atoms. The predicted molar refractivity (Wildman–Crippen MR) is 106 cm³/mol. The molecule has 0 radical (unpaired) electrons. The van der Waals surface area contributed by atoms with E-state index in [2.05, 4.69) is 5.32 Å². The molecule has 0 spiro atoms. The molecule has 2 heterocycles. The first-order valence-electron chi connectivity index (χ1n) is 8.25. The van der Waals surface area contributed by atoms with Gasteiger partial charge in [-0.25, -0.2) is 4.39 Å². The molecule has 0 aliphatic carbocycles. The van der Waals surface area contributed by atoms with Gasteiger partial charge in [0, 0.05) is 13.1 Å². The smallest absolute Gasteiger partial charge is 0.293 e. The molecule has 0 atom stereocenters. The molecule has 3 amide bonds. The first-order chi connectivity index (χ1) is 13.3. The highest BCUT2D eigenvalue weighted by atomic mass is 32.2. The van der Waals surface area contributed by atoms with Crippen molar-refractivity contribution in [3.63, 3.8) is 0 Å². The summed E-state index contributed by atoms with van der Waals surface area (Å²) in [6.45, 7) is 1.54. The molecule has 1 N–H and O–H groups in total.